The maximum Gasteiger partial charge on any atom is 0.240 e. The number of hydrogen-bond donors (Lipinski definition) is 1. The number of hydrogen-bond acceptors (Lipinski definition) is 4. The average Bonchev–Trinajstić information content (AvgIpc) is 2.96. The number of anilines is 1. The Labute approximate surface area is 131 Å². The van der Waals surface area contributed by atoms with Crippen LogP contribution in [-0.4, -0.2) is 40.3 Å². The zero-order valence-corrected chi connectivity index (χ0v) is 13.7. The standard InChI is InChI=1S/C15H22N2O4S/c1-21-14-9-5-8-13(10-14)17(22(2,19)20)11-15(18)16-12-6-3-4-7-12/h5,8-10,12H,3-4,6-7,11H2,1-2H3,(H,16,18). The summed E-state index contributed by atoms with van der Waals surface area (Å²) in [6.07, 6.45) is 5.23. The molecule has 1 aromatic rings. The van der Waals surface area contributed by atoms with Gasteiger partial charge in [0.2, 0.25) is 15.9 Å². The molecule has 1 N–H and O–H groups in total. The second-order valence-corrected chi connectivity index (χ2v) is 7.43. The fourth-order valence-electron chi connectivity index (χ4n) is 2.64. The first kappa shape index (κ1) is 16.6. The minimum Gasteiger partial charge on any atom is -0.497 e. The Bertz CT molecular complexity index is 624. The van der Waals surface area contributed by atoms with Crippen molar-refractivity contribution in [3.63, 3.8) is 0 Å². The zero-order valence-electron chi connectivity index (χ0n) is 12.9. The minimum absolute atomic E-state index is 0.166. The maximum absolute atomic E-state index is 12.1. The van der Waals surface area contributed by atoms with E-state index in [9.17, 15) is 13.2 Å². The molecule has 0 heterocycles. The van der Waals surface area contributed by atoms with Gasteiger partial charge in [-0.15, -0.1) is 0 Å². The first-order chi connectivity index (χ1) is 10.4. The summed E-state index contributed by atoms with van der Waals surface area (Å²) in [6.45, 7) is -0.220. The summed E-state index contributed by atoms with van der Waals surface area (Å²) >= 11 is 0. The van der Waals surface area contributed by atoms with E-state index in [-0.39, 0.29) is 18.5 Å². The van der Waals surface area contributed by atoms with E-state index < -0.39 is 10.0 Å². The van der Waals surface area contributed by atoms with E-state index >= 15 is 0 Å². The van der Waals surface area contributed by atoms with Gasteiger partial charge in [-0.1, -0.05) is 18.9 Å². The fourth-order valence-corrected chi connectivity index (χ4v) is 3.49. The van der Waals surface area contributed by atoms with Crippen LogP contribution in [0.4, 0.5) is 5.69 Å². The van der Waals surface area contributed by atoms with Gasteiger partial charge >= 0.3 is 0 Å². The van der Waals surface area contributed by atoms with Crippen molar-refractivity contribution in [3.8, 4) is 5.75 Å². The number of rotatable bonds is 6. The first-order valence-electron chi connectivity index (χ1n) is 7.31. The van der Waals surface area contributed by atoms with Crippen molar-refractivity contribution in [1.29, 1.82) is 0 Å². The van der Waals surface area contributed by atoms with Gasteiger partial charge in [0.25, 0.3) is 0 Å². The number of carbonyl (C=O) groups excluding carboxylic acids is 1. The lowest BCUT2D eigenvalue weighted by Crippen LogP contribution is -2.43. The van der Waals surface area contributed by atoms with Crippen molar-refractivity contribution in [2.24, 2.45) is 0 Å². The third kappa shape index (κ3) is 4.37. The lowest BCUT2D eigenvalue weighted by atomic mass is 10.2. The van der Waals surface area contributed by atoms with Gasteiger partial charge < -0.3 is 10.1 Å². The third-order valence-corrected chi connectivity index (χ3v) is 4.89. The van der Waals surface area contributed by atoms with Crippen LogP contribution >= 0.6 is 0 Å². The molecule has 122 valence electrons. The summed E-state index contributed by atoms with van der Waals surface area (Å²) in [5, 5.41) is 2.90. The molecule has 0 spiro atoms. The summed E-state index contributed by atoms with van der Waals surface area (Å²) in [5.74, 6) is 0.266. The van der Waals surface area contributed by atoms with Gasteiger partial charge in [0, 0.05) is 12.1 Å². The van der Waals surface area contributed by atoms with Crippen molar-refractivity contribution in [1.82, 2.24) is 5.32 Å². The molecule has 1 aliphatic rings. The monoisotopic (exact) mass is 326 g/mol. The van der Waals surface area contributed by atoms with Crippen molar-refractivity contribution >= 4 is 21.6 Å². The molecule has 22 heavy (non-hydrogen) atoms. The van der Waals surface area contributed by atoms with E-state index in [0.29, 0.717) is 11.4 Å². The van der Waals surface area contributed by atoms with Crippen molar-refractivity contribution in [2.45, 2.75) is 31.7 Å². The molecule has 0 radical (unpaired) electrons. The number of carbonyl (C=O) groups is 1. The highest BCUT2D eigenvalue weighted by molar-refractivity contribution is 7.92. The number of nitrogens with one attached hydrogen (secondary N) is 1. The molecule has 0 atom stereocenters. The summed E-state index contributed by atoms with van der Waals surface area (Å²) < 4.78 is 30.2. The van der Waals surface area contributed by atoms with Crippen LogP contribution in [0.2, 0.25) is 0 Å². The fraction of sp³-hybridized carbons (Fsp3) is 0.533. The molecule has 1 saturated carbocycles. The van der Waals surface area contributed by atoms with Crippen LogP contribution < -0.4 is 14.4 Å². The van der Waals surface area contributed by atoms with Crippen LogP contribution in [0.5, 0.6) is 5.75 Å². The summed E-state index contributed by atoms with van der Waals surface area (Å²) in [7, 11) is -2.04. The molecule has 1 fully saturated rings. The van der Waals surface area contributed by atoms with Crippen molar-refractivity contribution in [2.75, 3.05) is 24.2 Å². The van der Waals surface area contributed by atoms with E-state index in [1.165, 1.54) is 7.11 Å². The number of ether oxygens (including phenoxy) is 1. The zero-order chi connectivity index (χ0) is 16.2. The molecule has 7 heteroatoms. The Kier molecular flexibility index (Phi) is 5.28. The number of sulfonamides is 1. The number of methoxy groups -OCH3 is 1. The molecule has 2 rings (SSSR count). The highest BCUT2D eigenvalue weighted by atomic mass is 32.2. The van der Waals surface area contributed by atoms with Crippen molar-refractivity contribution < 1.29 is 17.9 Å². The Hall–Kier alpha value is -1.76. The Morgan fingerprint density at radius 2 is 2.05 bits per heavy atom. The molecule has 0 aliphatic heterocycles. The lowest BCUT2D eigenvalue weighted by molar-refractivity contribution is -0.120. The number of amides is 1. The smallest absolute Gasteiger partial charge is 0.240 e. The van der Waals surface area contributed by atoms with Gasteiger partial charge in [-0.25, -0.2) is 8.42 Å². The third-order valence-electron chi connectivity index (χ3n) is 3.75. The highest BCUT2D eigenvalue weighted by Crippen LogP contribution is 2.23. The van der Waals surface area contributed by atoms with Crippen LogP contribution in [0.25, 0.3) is 0 Å². The molecule has 1 aliphatic carbocycles. The van der Waals surface area contributed by atoms with E-state index in [0.717, 1.165) is 36.2 Å². The van der Waals surface area contributed by atoms with Crippen molar-refractivity contribution in [3.05, 3.63) is 24.3 Å². The average molecular weight is 326 g/mol. The molecular weight excluding hydrogens is 304 g/mol. The minimum atomic E-state index is -3.55. The first-order valence-corrected chi connectivity index (χ1v) is 9.16. The molecule has 1 amide bonds. The number of nitrogens with zero attached hydrogens (tertiary/aromatic N) is 1. The van der Waals surface area contributed by atoms with Gasteiger partial charge in [0.15, 0.2) is 0 Å². The molecule has 0 unspecified atom stereocenters. The highest BCUT2D eigenvalue weighted by Gasteiger charge is 2.23. The van der Waals surface area contributed by atoms with Crippen LogP contribution in [0.3, 0.4) is 0 Å². The molecule has 0 bridgehead atoms. The quantitative estimate of drug-likeness (QED) is 0.860. The predicted molar refractivity (Wildman–Crippen MR) is 85.6 cm³/mol. The molecule has 0 saturated heterocycles. The summed E-state index contributed by atoms with van der Waals surface area (Å²) in [5.41, 5.74) is 0.420. The molecule has 0 aromatic heterocycles. The SMILES string of the molecule is COc1cccc(N(CC(=O)NC2CCCC2)S(C)(=O)=O)c1. The Balaban J connectivity index is 2.14. The lowest BCUT2D eigenvalue weighted by Gasteiger charge is -2.23. The van der Waals surface area contributed by atoms with Gasteiger partial charge in [0.05, 0.1) is 19.1 Å². The second-order valence-electron chi connectivity index (χ2n) is 5.52. The number of benzene rings is 1. The van der Waals surface area contributed by atoms with E-state index in [4.69, 9.17) is 4.74 Å². The van der Waals surface area contributed by atoms with E-state index in [1.807, 2.05) is 0 Å². The summed E-state index contributed by atoms with van der Waals surface area (Å²) in [4.78, 5) is 12.1. The van der Waals surface area contributed by atoms with Gasteiger partial charge in [0.1, 0.15) is 12.3 Å². The molecular formula is C15H22N2O4S. The Morgan fingerprint density at radius 3 is 2.64 bits per heavy atom. The predicted octanol–water partition coefficient (Wildman–Crippen LogP) is 1.52. The molecule has 1 aromatic carbocycles. The van der Waals surface area contributed by atoms with E-state index in [2.05, 4.69) is 5.32 Å². The van der Waals surface area contributed by atoms with Gasteiger partial charge in [-0.05, 0) is 25.0 Å². The van der Waals surface area contributed by atoms with Crippen LogP contribution in [0.1, 0.15) is 25.7 Å². The van der Waals surface area contributed by atoms with Crippen LogP contribution in [-0.2, 0) is 14.8 Å². The van der Waals surface area contributed by atoms with Crippen LogP contribution in [0.15, 0.2) is 24.3 Å². The van der Waals surface area contributed by atoms with Crippen LogP contribution in [0, 0.1) is 0 Å². The second kappa shape index (κ2) is 7.00. The van der Waals surface area contributed by atoms with E-state index in [1.54, 1.807) is 24.3 Å². The van der Waals surface area contributed by atoms with Gasteiger partial charge in [-0.2, -0.15) is 0 Å². The molecule has 6 nitrogen and oxygen atoms in total. The normalized spacial score (nSPS) is 15.5. The Morgan fingerprint density at radius 1 is 1.36 bits per heavy atom. The topological polar surface area (TPSA) is 75.7 Å². The largest absolute Gasteiger partial charge is 0.497 e. The summed E-state index contributed by atoms with van der Waals surface area (Å²) in [6, 6.07) is 6.83. The maximum atomic E-state index is 12.1. The van der Waals surface area contributed by atoms with Gasteiger partial charge in [-0.3, -0.25) is 9.10 Å².